The summed E-state index contributed by atoms with van der Waals surface area (Å²) >= 11 is 0. The Kier molecular flexibility index (Phi) is 6.93. The average Bonchev–Trinajstić information content (AvgIpc) is 3.20. The van der Waals surface area contributed by atoms with Crippen molar-refractivity contribution in [2.24, 2.45) is 0 Å². The summed E-state index contributed by atoms with van der Waals surface area (Å²) in [5, 5.41) is 2.55. The normalized spacial score (nSPS) is 23.7. The maximum absolute atomic E-state index is 12.2. The molecule has 28 heavy (non-hydrogen) atoms. The molecule has 1 saturated carbocycles. The summed E-state index contributed by atoms with van der Waals surface area (Å²) in [5.74, 6) is 0.606. The summed E-state index contributed by atoms with van der Waals surface area (Å²) in [6.07, 6.45) is 5.55. The minimum atomic E-state index is -3.15. The molecule has 7 nitrogen and oxygen atoms in total. The smallest absolute Gasteiger partial charge is 0.221 e. The van der Waals surface area contributed by atoms with Gasteiger partial charge in [-0.2, -0.15) is 0 Å². The predicted molar refractivity (Wildman–Crippen MR) is 109 cm³/mol. The van der Waals surface area contributed by atoms with Gasteiger partial charge in [0, 0.05) is 32.3 Å². The zero-order valence-electron chi connectivity index (χ0n) is 16.8. The Morgan fingerprint density at radius 1 is 1.21 bits per heavy atom. The van der Waals surface area contributed by atoms with Gasteiger partial charge in [0.2, 0.25) is 5.91 Å². The molecule has 1 amide bonds. The first-order chi connectivity index (χ1) is 13.3. The second-order valence-electron chi connectivity index (χ2n) is 7.99. The van der Waals surface area contributed by atoms with Gasteiger partial charge in [-0.3, -0.25) is 4.79 Å². The van der Waals surface area contributed by atoms with Crippen molar-refractivity contribution in [3.8, 4) is 0 Å². The zero-order chi connectivity index (χ0) is 20.1. The lowest BCUT2D eigenvalue weighted by Gasteiger charge is -2.36. The van der Waals surface area contributed by atoms with Gasteiger partial charge in [-0.15, -0.1) is 0 Å². The summed E-state index contributed by atoms with van der Waals surface area (Å²) in [5.41, 5.74) is 0.894. The molecule has 2 aliphatic rings. The van der Waals surface area contributed by atoms with Crippen LogP contribution in [0.2, 0.25) is 0 Å². The van der Waals surface area contributed by atoms with Crippen molar-refractivity contribution in [1.82, 2.24) is 10.3 Å². The number of hydrogen-bond donors (Lipinski definition) is 1. The number of pyridine rings is 1. The van der Waals surface area contributed by atoms with E-state index in [0.717, 1.165) is 50.2 Å². The lowest BCUT2D eigenvalue weighted by atomic mass is 10.2. The summed E-state index contributed by atoms with van der Waals surface area (Å²) in [6.45, 7) is 6.08. The first kappa shape index (κ1) is 21.0. The number of hydrogen-bond acceptors (Lipinski definition) is 6. The van der Waals surface area contributed by atoms with Gasteiger partial charge in [0.05, 0.1) is 23.2 Å². The van der Waals surface area contributed by atoms with Gasteiger partial charge in [-0.1, -0.05) is 18.9 Å². The van der Waals surface area contributed by atoms with Crippen molar-refractivity contribution in [1.29, 1.82) is 0 Å². The zero-order valence-corrected chi connectivity index (χ0v) is 17.6. The first-order valence-corrected chi connectivity index (χ1v) is 11.9. The molecular formula is C20H31N3O4S. The van der Waals surface area contributed by atoms with Crippen LogP contribution in [0.25, 0.3) is 0 Å². The fourth-order valence-corrected chi connectivity index (χ4v) is 5.87. The van der Waals surface area contributed by atoms with Crippen molar-refractivity contribution >= 4 is 21.6 Å². The number of sulfone groups is 1. The van der Waals surface area contributed by atoms with Crippen LogP contribution in [0.4, 0.5) is 5.82 Å². The molecule has 8 heteroatoms. The SMILES string of the molecule is C[C@@H]1CN(c2ccc(CNC(=O)CCS(=O)(=O)C3CCCC3)cn2)C[C@@H](C)O1. The minimum Gasteiger partial charge on any atom is -0.372 e. The molecule has 1 aromatic heterocycles. The van der Waals surface area contributed by atoms with Gasteiger partial charge >= 0.3 is 0 Å². The molecule has 0 bridgehead atoms. The van der Waals surface area contributed by atoms with Crippen LogP contribution in [0.3, 0.4) is 0 Å². The molecule has 0 aromatic carbocycles. The molecule has 0 unspecified atom stereocenters. The van der Waals surface area contributed by atoms with Crippen molar-refractivity contribution in [3.05, 3.63) is 23.9 Å². The van der Waals surface area contributed by atoms with Gasteiger partial charge in [0.25, 0.3) is 0 Å². The van der Waals surface area contributed by atoms with E-state index in [-0.39, 0.29) is 35.5 Å². The fourth-order valence-electron chi connectivity index (χ4n) is 4.01. The third kappa shape index (κ3) is 5.67. The Labute approximate surface area is 167 Å². The van der Waals surface area contributed by atoms with Crippen molar-refractivity contribution < 1.29 is 17.9 Å². The first-order valence-electron chi connectivity index (χ1n) is 10.2. The largest absolute Gasteiger partial charge is 0.372 e. The number of rotatable bonds is 7. The lowest BCUT2D eigenvalue weighted by Crippen LogP contribution is -2.45. The summed E-state index contributed by atoms with van der Waals surface area (Å²) in [4.78, 5) is 18.8. The molecule has 1 saturated heterocycles. The van der Waals surface area contributed by atoms with E-state index in [1.54, 1.807) is 6.20 Å². The maximum Gasteiger partial charge on any atom is 0.221 e. The molecule has 0 spiro atoms. The third-order valence-corrected chi connectivity index (χ3v) is 7.73. The van der Waals surface area contributed by atoms with E-state index in [1.165, 1.54) is 0 Å². The van der Waals surface area contributed by atoms with E-state index in [9.17, 15) is 13.2 Å². The minimum absolute atomic E-state index is 0.0217. The van der Waals surface area contributed by atoms with Gasteiger partial charge in [0.1, 0.15) is 5.82 Å². The van der Waals surface area contributed by atoms with E-state index < -0.39 is 9.84 Å². The number of nitrogens with one attached hydrogen (secondary N) is 1. The Bertz CT molecular complexity index is 750. The number of amides is 1. The highest BCUT2D eigenvalue weighted by atomic mass is 32.2. The van der Waals surface area contributed by atoms with Crippen LogP contribution >= 0.6 is 0 Å². The number of carbonyl (C=O) groups excluding carboxylic acids is 1. The molecule has 1 aliphatic carbocycles. The summed E-state index contributed by atoms with van der Waals surface area (Å²) in [7, 11) is -3.15. The molecular weight excluding hydrogens is 378 g/mol. The fraction of sp³-hybridized carbons (Fsp3) is 0.700. The van der Waals surface area contributed by atoms with Crippen LogP contribution in [0.15, 0.2) is 18.3 Å². The lowest BCUT2D eigenvalue weighted by molar-refractivity contribution is -0.120. The second kappa shape index (κ2) is 9.22. The number of ether oxygens (including phenoxy) is 1. The topological polar surface area (TPSA) is 88.6 Å². The molecule has 1 aliphatic heterocycles. The number of carbonyl (C=O) groups is 1. The van der Waals surface area contributed by atoms with E-state index in [1.807, 2.05) is 12.1 Å². The van der Waals surface area contributed by atoms with Gasteiger partial charge < -0.3 is 15.0 Å². The highest BCUT2D eigenvalue weighted by Gasteiger charge is 2.28. The predicted octanol–water partition coefficient (Wildman–Crippen LogP) is 2.06. The van der Waals surface area contributed by atoms with Crippen molar-refractivity contribution in [3.63, 3.8) is 0 Å². The summed E-state index contributed by atoms with van der Waals surface area (Å²) < 4.78 is 30.2. The van der Waals surface area contributed by atoms with Crippen LogP contribution < -0.4 is 10.2 Å². The van der Waals surface area contributed by atoms with Crippen molar-refractivity contribution in [2.75, 3.05) is 23.7 Å². The van der Waals surface area contributed by atoms with Crippen LogP contribution in [-0.4, -0.2) is 55.6 Å². The quantitative estimate of drug-likeness (QED) is 0.742. The van der Waals surface area contributed by atoms with Crippen molar-refractivity contribution in [2.45, 2.75) is 70.0 Å². The summed E-state index contributed by atoms with van der Waals surface area (Å²) in [6, 6.07) is 3.90. The van der Waals surface area contributed by atoms with Gasteiger partial charge in [-0.25, -0.2) is 13.4 Å². The second-order valence-corrected chi connectivity index (χ2v) is 10.4. The molecule has 156 valence electrons. The van der Waals surface area contributed by atoms with E-state index in [4.69, 9.17) is 4.74 Å². The molecule has 2 atom stereocenters. The highest BCUT2D eigenvalue weighted by Crippen LogP contribution is 2.25. The number of anilines is 1. The van der Waals surface area contributed by atoms with Gasteiger partial charge in [0.15, 0.2) is 9.84 Å². The standard InChI is InChI=1S/C20H31N3O4S/c1-15-13-23(14-16(2)27-15)19-8-7-17(11-21-19)12-22-20(24)9-10-28(25,26)18-5-3-4-6-18/h7-8,11,15-16,18H,3-6,9-10,12-14H2,1-2H3,(H,22,24)/t15-,16-/m1/s1. The third-order valence-electron chi connectivity index (χ3n) is 5.47. The Morgan fingerprint density at radius 3 is 2.50 bits per heavy atom. The molecule has 1 aromatic rings. The maximum atomic E-state index is 12.2. The average molecular weight is 410 g/mol. The number of morpholine rings is 1. The highest BCUT2D eigenvalue weighted by molar-refractivity contribution is 7.92. The molecule has 1 N–H and O–H groups in total. The van der Waals surface area contributed by atoms with Crippen LogP contribution in [-0.2, 0) is 25.9 Å². The van der Waals surface area contributed by atoms with E-state index in [2.05, 4.69) is 29.0 Å². The Hall–Kier alpha value is -1.67. The molecule has 2 heterocycles. The number of nitrogens with zero attached hydrogens (tertiary/aromatic N) is 2. The molecule has 2 fully saturated rings. The molecule has 0 radical (unpaired) electrons. The Balaban J connectivity index is 1.45. The van der Waals surface area contributed by atoms with Gasteiger partial charge in [-0.05, 0) is 38.3 Å². The van der Waals surface area contributed by atoms with E-state index in [0.29, 0.717) is 6.54 Å². The Morgan fingerprint density at radius 2 is 1.89 bits per heavy atom. The van der Waals surface area contributed by atoms with Crippen LogP contribution in [0.5, 0.6) is 0 Å². The number of aromatic nitrogens is 1. The molecule has 3 rings (SSSR count). The van der Waals surface area contributed by atoms with E-state index >= 15 is 0 Å². The van der Waals surface area contributed by atoms with Crippen LogP contribution in [0, 0.1) is 0 Å². The monoisotopic (exact) mass is 409 g/mol. The van der Waals surface area contributed by atoms with Crippen LogP contribution in [0.1, 0.15) is 51.5 Å².